The zero-order valence-corrected chi connectivity index (χ0v) is 11.3. The molecule has 1 aromatic rings. The molecule has 2 N–H and O–H groups in total. The van der Waals surface area contributed by atoms with Crippen molar-refractivity contribution < 1.29 is 22.7 Å². The number of carboxylic acid groups (broad SMARTS) is 1. The van der Waals surface area contributed by atoms with Gasteiger partial charge in [0.15, 0.2) is 0 Å². The van der Waals surface area contributed by atoms with Crippen molar-refractivity contribution in [1.29, 1.82) is 0 Å². The molecule has 0 saturated heterocycles. The number of aliphatic carboxylic acids is 1. The third kappa shape index (κ3) is 4.29. The van der Waals surface area contributed by atoms with Crippen LogP contribution in [0.1, 0.15) is 26.2 Å². The quantitative estimate of drug-likeness (QED) is 0.801. The van der Waals surface area contributed by atoms with E-state index in [1.54, 1.807) is 0 Å². The molecule has 1 aromatic carbocycles. The van der Waals surface area contributed by atoms with Crippen LogP contribution in [-0.2, 0) is 14.8 Å². The Hall–Kier alpha value is -1.47. The molecular weight excluding hydrogens is 273 g/mol. The van der Waals surface area contributed by atoms with E-state index in [1.807, 2.05) is 11.6 Å². The summed E-state index contributed by atoms with van der Waals surface area (Å²) >= 11 is 0. The molecule has 0 spiro atoms. The molecule has 7 heteroatoms. The molecule has 0 unspecified atom stereocenters. The van der Waals surface area contributed by atoms with E-state index in [1.165, 1.54) is 12.1 Å². The van der Waals surface area contributed by atoms with Crippen LogP contribution in [0.15, 0.2) is 29.2 Å². The van der Waals surface area contributed by atoms with E-state index in [9.17, 15) is 17.6 Å². The van der Waals surface area contributed by atoms with E-state index in [0.29, 0.717) is 6.42 Å². The maximum atomic E-state index is 13.4. The van der Waals surface area contributed by atoms with Crippen LogP contribution in [0.4, 0.5) is 4.39 Å². The highest BCUT2D eigenvalue weighted by Gasteiger charge is 2.26. The first-order valence-corrected chi connectivity index (χ1v) is 7.36. The van der Waals surface area contributed by atoms with E-state index in [-0.39, 0.29) is 6.42 Å². The zero-order valence-electron chi connectivity index (χ0n) is 10.5. The maximum Gasteiger partial charge on any atom is 0.321 e. The number of rotatable bonds is 7. The van der Waals surface area contributed by atoms with Crippen molar-refractivity contribution in [3.63, 3.8) is 0 Å². The van der Waals surface area contributed by atoms with E-state index in [4.69, 9.17) is 5.11 Å². The first-order chi connectivity index (χ1) is 8.88. The van der Waals surface area contributed by atoms with Crippen molar-refractivity contribution in [2.24, 2.45) is 0 Å². The number of carboxylic acids is 1. The summed E-state index contributed by atoms with van der Waals surface area (Å²) in [6.45, 7) is 1.87. The monoisotopic (exact) mass is 289 g/mol. The molecule has 0 fully saturated rings. The van der Waals surface area contributed by atoms with Crippen LogP contribution in [0.3, 0.4) is 0 Å². The number of unbranched alkanes of at least 4 members (excludes halogenated alkanes) is 1. The first kappa shape index (κ1) is 15.6. The van der Waals surface area contributed by atoms with Crippen molar-refractivity contribution in [3.8, 4) is 0 Å². The lowest BCUT2D eigenvalue weighted by molar-refractivity contribution is -0.139. The summed E-state index contributed by atoms with van der Waals surface area (Å²) in [7, 11) is -4.17. The third-order valence-electron chi connectivity index (χ3n) is 2.57. The highest BCUT2D eigenvalue weighted by atomic mass is 32.2. The van der Waals surface area contributed by atoms with Gasteiger partial charge >= 0.3 is 5.97 Å². The Kier molecular flexibility index (Phi) is 5.44. The van der Waals surface area contributed by atoms with Gasteiger partial charge in [0.2, 0.25) is 10.0 Å². The van der Waals surface area contributed by atoms with E-state index in [2.05, 4.69) is 0 Å². The van der Waals surface area contributed by atoms with Crippen LogP contribution in [0.25, 0.3) is 0 Å². The average Bonchev–Trinajstić information content (AvgIpc) is 2.34. The fraction of sp³-hybridized carbons (Fsp3) is 0.417. The van der Waals surface area contributed by atoms with E-state index >= 15 is 0 Å². The maximum absolute atomic E-state index is 13.4. The summed E-state index contributed by atoms with van der Waals surface area (Å²) in [5.74, 6) is -2.18. The molecule has 0 bridgehead atoms. The predicted octanol–water partition coefficient (Wildman–Crippen LogP) is 1.75. The van der Waals surface area contributed by atoms with Gasteiger partial charge < -0.3 is 5.11 Å². The molecule has 0 aromatic heterocycles. The number of hydrogen-bond acceptors (Lipinski definition) is 3. The van der Waals surface area contributed by atoms with Crippen molar-refractivity contribution in [2.75, 3.05) is 0 Å². The SMILES string of the molecule is CCCC[C@@H](NS(=O)(=O)c1ccccc1F)C(=O)O. The molecule has 0 radical (unpaired) electrons. The number of halogens is 1. The molecule has 0 aliphatic carbocycles. The van der Waals surface area contributed by atoms with Gasteiger partial charge in [0.1, 0.15) is 16.8 Å². The molecule has 19 heavy (non-hydrogen) atoms. The van der Waals surface area contributed by atoms with Gasteiger partial charge in [-0.15, -0.1) is 0 Å². The Morgan fingerprint density at radius 1 is 1.42 bits per heavy atom. The molecule has 0 saturated carbocycles. The standard InChI is InChI=1S/C12H16FNO4S/c1-2-3-7-10(12(15)16)14-19(17,18)11-8-5-4-6-9(11)13/h4-6,8,10,14H,2-3,7H2,1H3,(H,15,16)/t10-/m1/s1. The number of sulfonamides is 1. The molecule has 1 atom stereocenters. The van der Waals surface area contributed by atoms with Crippen molar-refractivity contribution in [1.82, 2.24) is 4.72 Å². The Bertz CT molecular complexity index is 544. The fourth-order valence-corrected chi connectivity index (χ4v) is 2.86. The Labute approximate surface area is 111 Å². The second-order valence-corrected chi connectivity index (χ2v) is 5.77. The molecule has 106 valence electrons. The number of nitrogens with one attached hydrogen (secondary N) is 1. The highest BCUT2D eigenvalue weighted by molar-refractivity contribution is 7.89. The number of hydrogen-bond donors (Lipinski definition) is 2. The summed E-state index contributed by atoms with van der Waals surface area (Å²) < 4.78 is 39.3. The molecule has 0 amide bonds. The zero-order chi connectivity index (χ0) is 14.5. The van der Waals surface area contributed by atoms with Gasteiger partial charge in [-0.05, 0) is 18.6 Å². The smallest absolute Gasteiger partial charge is 0.321 e. The normalized spacial score (nSPS) is 13.2. The Morgan fingerprint density at radius 2 is 2.05 bits per heavy atom. The lowest BCUT2D eigenvalue weighted by Gasteiger charge is -2.14. The minimum Gasteiger partial charge on any atom is -0.480 e. The minimum absolute atomic E-state index is 0.166. The first-order valence-electron chi connectivity index (χ1n) is 5.88. The number of carbonyl (C=O) groups is 1. The lowest BCUT2D eigenvalue weighted by Crippen LogP contribution is -2.40. The van der Waals surface area contributed by atoms with Crippen LogP contribution in [-0.4, -0.2) is 25.5 Å². The number of benzene rings is 1. The lowest BCUT2D eigenvalue weighted by atomic mass is 10.1. The summed E-state index contributed by atoms with van der Waals surface area (Å²) in [5.41, 5.74) is 0. The minimum atomic E-state index is -4.17. The summed E-state index contributed by atoms with van der Waals surface area (Å²) in [4.78, 5) is 10.4. The van der Waals surface area contributed by atoms with Gasteiger partial charge in [-0.1, -0.05) is 31.9 Å². The topological polar surface area (TPSA) is 83.5 Å². The third-order valence-corrected chi connectivity index (χ3v) is 4.07. The Morgan fingerprint density at radius 3 is 2.58 bits per heavy atom. The molecule has 0 heterocycles. The summed E-state index contributed by atoms with van der Waals surface area (Å²) in [6, 6.07) is 3.59. The van der Waals surface area contributed by atoms with Gasteiger partial charge in [0.25, 0.3) is 0 Å². The van der Waals surface area contributed by atoms with Gasteiger partial charge in [0, 0.05) is 0 Å². The van der Waals surface area contributed by atoms with Crippen molar-refractivity contribution in [3.05, 3.63) is 30.1 Å². The average molecular weight is 289 g/mol. The molecule has 5 nitrogen and oxygen atoms in total. The van der Waals surface area contributed by atoms with E-state index in [0.717, 1.165) is 18.6 Å². The van der Waals surface area contributed by atoms with Gasteiger partial charge in [-0.25, -0.2) is 12.8 Å². The molecule has 0 aliphatic heterocycles. The fourth-order valence-electron chi connectivity index (χ4n) is 1.55. The Balaban J connectivity index is 2.95. The van der Waals surface area contributed by atoms with Crippen LogP contribution in [0, 0.1) is 5.82 Å². The summed E-state index contributed by atoms with van der Waals surface area (Å²) in [6.07, 6.45) is 1.47. The molecule has 1 rings (SSSR count). The molecular formula is C12H16FNO4S. The van der Waals surface area contributed by atoms with E-state index < -0.39 is 32.7 Å². The van der Waals surface area contributed by atoms with Crippen LogP contribution >= 0.6 is 0 Å². The van der Waals surface area contributed by atoms with Gasteiger partial charge in [-0.2, -0.15) is 4.72 Å². The van der Waals surface area contributed by atoms with Gasteiger partial charge in [-0.3, -0.25) is 4.79 Å². The van der Waals surface area contributed by atoms with Crippen LogP contribution in [0.5, 0.6) is 0 Å². The van der Waals surface area contributed by atoms with Crippen molar-refractivity contribution >= 4 is 16.0 Å². The summed E-state index contributed by atoms with van der Waals surface area (Å²) in [5, 5.41) is 8.96. The molecule has 0 aliphatic rings. The van der Waals surface area contributed by atoms with Crippen LogP contribution < -0.4 is 4.72 Å². The highest BCUT2D eigenvalue weighted by Crippen LogP contribution is 2.14. The van der Waals surface area contributed by atoms with Crippen LogP contribution in [0.2, 0.25) is 0 Å². The van der Waals surface area contributed by atoms with Crippen molar-refractivity contribution in [2.45, 2.75) is 37.1 Å². The second kappa shape index (κ2) is 6.63. The largest absolute Gasteiger partial charge is 0.480 e. The predicted molar refractivity (Wildman–Crippen MR) is 67.7 cm³/mol. The second-order valence-electron chi connectivity index (χ2n) is 4.08. The van der Waals surface area contributed by atoms with Gasteiger partial charge in [0.05, 0.1) is 0 Å².